The molecule has 3 rings (SSSR count). The van der Waals surface area contributed by atoms with Crippen LogP contribution in [0.25, 0.3) is 22.2 Å². The van der Waals surface area contributed by atoms with Gasteiger partial charge in [-0.05, 0) is 34.0 Å². The molecule has 0 aliphatic rings. The van der Waals surface area contributed by atoms with Gasteiger partial charge in [-0.25, -0.2) is 4.73 Å². The van der Waals surface area contributed by atoms with Gasteiger partial charge in [0, 0.05) is 10.9 Å². The average Bonchev–Trinajstić information content (AvgIpc) is 2.89. The van der Waals surface area contributed by atoms with Gasteiger partial charge in [-0.1, -0.05) is 6.07 Å². The molecule has 0 saturated carbocycles. The lowest BCUT2D eigenvalue weighted by Gasteiger charge is -2.07. The van der Waals surface area contributed by atoms with Gasteiger partial charge < -0.3 is 10.4 Å². The Hall–Kier alpha value is -2.41. The summed E-state index contributed by atoms with van der Waals surface area (Å²) >= 11 is 1.56. The maximum absolute atomic E-state index is 11.7. The summed E-state index contributed by atoms with van der Waals surface area (Å²) in [7, 11) is 0. The molecule has 0 aliphatic heterocycles. The monoisotopic (exact) mass is 260 g/mol. The molecular formula is C11H8N4O2S. The third-order valence-corrected chi connectivity index (χ3v) is 3.34. The highest BCUT2D eigenvalue weighted by Crippen LogP contribution is 2.23. The molecule has 0 spiro atoms. The van der Waals surface area contributed by atoms with Crippen LogP contribution in [0.5, 0.6) is 0 Å². The lowest BCUT2D eigenvalue weighted by Crippen LogP contribution is -2.44. The first-order chi connectivity index (χ1) is 8.66. The van der Waals surface area contributed by atoms with Gasteiger partial charge in [-0.15, -0.1) is 0 Å². The Morgan fingerprint density at radius 2 is 1.94 bits per heavy atom. The smallest absolute Gasteiger partial charge is 0.458 e. The fraction of sp³-hybridized carbons (Fsp3) is 0. The minimum absolute atomic E-state index is 0.197. The van der Waals surface area contributed by atoms with E-state index in [0.29, 0.717) is 9.58 Å². The van der Waals surface area contributed by atoms with Crippen molar-refractivity contribution in [3.63, 3.8) is 0 Å². The maximum atomic E-state index is 11.7. The van der Waals surface area contributed by atoms with E-state index in [2.05, 4.69) is 5.10 Å². The number of hydrogen-bond donors (Lipinski definition) is 1. The second-order valence-electron chi connectivity index (χ2n) is 3.74. The van der Waals surface area contributed by atoms with Gasteiger partial charge in [0.1, 0.15) is 0 Å². The highest BCUT2D eigenvalue weighted by atomic mass is 32.1. The minimum atomic E-state index is -0.360. The maximum Gasteiger partial charge on any atom is 0.458 e. The lowest BCUT2D eigenvalue weighted by atomic mass is 10.1. The van der Waals surface area contributed by atoms with E-state index in [1.807, 2.05) is 16.8 Å². The Kier molecular flexibility index (Phi) is 2.27. The third kappa shape index (κ3) is 1.52. The summed E-state index contributed by atoms with van der Waals surface area (Å²) in [6.07, 6.45) is 0. The highest BCUT2D eigenvalue weighted by molar-refractivity contribution is 7.08. The molecule has 2 aromatic heterocycles. The van der Waals surface area contributed by atoms with E-state index in [1.54, 1.807) is 29.5 Å². The van der Waals surface area contributed by atoms with E-state index >= 15 is 0 Å². The number of thiophene rings is 1. The van der Waals surface area contributed by atoms with E-state index in [9.17, 15) is 10.4 Å². The summed E-state index contributed by atoms with van der Waals surface area (Å²) in [5.41, 5.74) is 7.60. The van der Waals surface area contributed by atoms with Crippen molar-refractivity contribution in [3.8, 4) is 11.1 Å². The Morgan fingerprint density at radius 1 is 1.11 bits per heavy atom. The SMILES string of the molecule is Nc1n[n+]([O-])c2cc(-c3ccsc3)ccc2[n+]1[O-]. The largest absolute Gasteiger partial charge is 0.739 e. The third-order valence-electron chi connectivity index (χ3n) is 2.66. The van der Waals surface area contributed by atoms with Crippen molar-refractivity contribution in [1.29, 1.82) is 0 Å². The molecule has 0 bridgehead atoms. The molecule has 18 heavy (non-hydrogen) atoms. The summed E-state index contributed by atoms with van der Waals surface area (Å²) in [4.78, 5) is 0.370. The van der Waals surface area contributed by atoms with Crippen LogP contribution < -0.4 is 15.3 Å². The summed E-state index contributed by atoms with van der Waals surface area (Å²) in [6.45, 7) is 0. The van der Waals surface area contributed by atoms with Crippen molar-refractivity contribution in [2.45, 2.75) is 0 Å². The van der Waals surface area contributed by atoms with Gasteiger partial charge in [0.15, 0.2) is 5.52 Å². The van der Waals surface area contributed by atoms with Crippen LogP contribution in [-0.4, -0.2) is 5.10 Å². The number of nitrogen functional groups attached to an aromatic ring is 1. The standard InChI is InChI=1S/C11H8N4O2S/c12-11-13-15(17)10-5-7(8-3-4-18-6-8)1-2-9(10)14(11)16/h1-6H,(H2,12,13). The van der Waals surface area contributed by atoms with Crippen LogP contribution in [0.15, 0.2) is 35.0 Å². The Labute approximate surface area is 106 Å². The van der Waals surface area contributed by atoms with Gasteiger partial charge in [-0.2, -0.15) is 11.3 Å². The molecule has 0 saturated heterocycles. The summed E-state index contributed by atoms with van der Waals surface area (Å²) in [5.74, 6) is -0.360. The molecule has 3 aromatic rings. The molecule has 0 amide bonds. The predicted octanol–water partition coefficient (Wildman–Crippen LogP) is 0.812. The number of nitrogens with two attached hydrogens (primary N) is 1. The van der Waals surface area contributed by atoms with Crippen molar-refractivity contribution in [2.24, 2.45) is 0 Å². The Morgan fingerprint density at radius 3 is 2.67 bits per heavy atom. The molecule has 1 aromatic carbocycles. The van der Waals surface area contributed by atoms with E-state index < -0.39 is 0 Å². The summed E-state index contributed by atoms with van der Waals surface area (Å²) in [6, 6.07) is 6.92. The van der Waals surface area contributed by atoms with Gasteiger partial charge >= 0.3 is 5.95 Å². The number of anilines is 1. The summed E-state index contributed by atoms with van der Waals surface area (Å²) < 4.78 is 0.446. The lowest BCUT2D eigenvalue weighted by molar-refractivity contribution is -0.671. The fourth-order valence-corrected chi connectivity index (χ4v) is 2.43. The van der Waals surface area contributed by atoms with Crippen molar-refractivity contribution >= 4 is 28.3 Å². The number of hydrogen-bond acceptors (Lipinski definition) is 5. The van der Waals surface area contributed by atoms with Gasteiger partial charge in [0.2, 0.25) is 5.10 Å². The van der Waals surface area contributed by atoms with Crippen molar-refractivity contribution < 1.29 is 9.58 Å². The van der Waals surface area contributed by atoms with Crippen LogP contribution in [0.1, 0.15) is 0 Å². The van der Waals surface area contributed by atoms with Crippen LogP contribution in [0, 0.1) is 10.4 Å². The molecule has 0 atom stereocenters. The Bertz CT molecular complexity index is 727. The number of rotatable bonds is 1. The number of nitrogens with zero attached hydrogens (tertiary/aromatic N) is 3. The first-order valence-corrected chi connectivity index (χ1v) is 6.06. The zero-order chi connectivity index (χ0) is 12.7. The molecular weight excluding hydrogens is 252 g/mol. The Balaban J connectivity index is 2.31. The zero-order valence-electron chi connectivity index (χ0n) is 9.11. The van der Waals surface area contributed by atoms with Gasteiger partial charge in [-0.3, -0.25) is 5.73 Å². The van der Waals surface area contributed by atoms with Crippen molar-refractivity contribution in [3.05, 3.63) is 45.4 Å². The number of aromatic nitrogens is 3. The van der Waals surface area contributed by atoms with Gasteiger partial charge in [0.25, 0.3) is 5.52 Å². The summed E-state index contributed by atoms with van der Waals surface area (Å²) in [5, 5.41) is 30.6. The predicted molar refractivity (Wildman–Crippen MR) is 67.4 cm³/mol. The quantitative estimate of drug-likeness (QED) is 0.517. The van der Waals surface area contributed by atoms with Crippen molar-refractivity contribution in [2.75, 3.05) is 5.73 Å². The molecule has 2 heterocycles. The van der Waals surface area contributed by atoms with Gasteiger partial charge in [0.05, 0.1) is 0 Å². The van der Waals surface area contributed by atoms with Crippen molar-refractivity contribution in [1.82, 2.24) is 5.10 Å². The molecule has 90 valence electrons. The highest BCUT2D eigenvalue weighted by Gasteiger charge is 2.17. The van der Waals surface area contributed by atoms with E-state index in [4.69, 9.17) is 5.73 Å². The fourth-order valence-electron chi connectivity index (χ4n) is 1.77. The molecule has 2 N–H and O–H groups in total. The molecule has 7 heteroatoms. The van der Waals surface area contributed by atoms with E-state index in [1.165, 1.54) is 0 Å². The minimum Gasteiger partial charge on any atom is -0.739 e. The average molecular weight is 260 g/mol. The molecule has 6 nitrogen and oxygen atoms in total. The molecule has 0 fully saturated rings. The first kappa shape index (κ1) is 10.7. The second-order valence-corrected chi connectivity index (χ2v) is 4.52. The van der Waals surface area contributed by atoms with E-state index in [0.717, 1.165) is 11.1 Å². The molecule has 0 aliphatic carbocycles. The normalized spacial score (nSPS) is 10.9. The van der Waals surface area contributed by atoms with Crippen LogP contribution in [0.3, 0.4) is 0 Å². The van der Waals surface area contributed by atoms with Crippen LogP contribution in [0.2, 0.25) is 0 Å². The molecule has 0 radical (unpaired) electrons. The van der Waals surface area contributed by atoms with Crippen LogP contribution in [-0.2, 0) is 0 Å². The second kappa shape index (κ2) is 3.81. The number of benzene rings is 1. The van der Waals surface area contributed by atoms with E-state index in [-0.39, 0.29) is 17.0 Å². The molecule has 0 unspecified atom stereocenters. The topological polar surface area (TPSA) is 92.8 Å². The van der Waals surface area contributed by atoms with Crippen LogP contribution >= 0.6 is 11.3 Å². The number of fused-ring (bicyclic) bond motifs is 1. The first-order valence-electron chi connectivity index (χ1n) is 5.12. The van der Waals surface area contributed by atoms with Crippen LogP contribution in [0.4, 0.5) is 5.95 Å². The zero-order valence-corrected chi connectivity index (χ0v) is 9.92.